The van der Waals surface area contributed by atoms with Crippen molar-refractivity contribution in [1.82, 2.24) is 9.80 Å². The summed E-state index contributed by atoms with van der Waals surface area (Å²) in [4.78, 5) is 17.2. The molecule has 2 saturated heterocycles. The summed E-state index contributed by atoms with van der Waals surface area (Å²) in [5.74, 6) is 1.09. The van der Waals surface area contributed by atoms with Gasteiger partial charge in [0.1, 0.15) is 0 Å². The number of aryl methyl sites for hydroxylation is 1. The van der Waals surface area contributed by atoms with Gasteiger partial charge in [0.15, 0.2) is 0 Å². The van der Waals surface area contributed by atoms with Gasteiger partial charge in [0.2, 0.25) is 5.91 Å². The lowest BCUT2D eigenvalue weighted by Gasteiger charge is -2.47. The van der Waals surface area contributed by atoms with Gasteiger partial charge in [-0.1, -0.05) is 37.3 Å². The lowest BCUT2D eigenvalue weighted by Crippen LogP contribution is -2.55. The van der Waals surface area contributed by atoms with E-state index < -0.39 is 0 Å². The second-order valence-corrected chi connectivity index (χ2v) is 7.49. The highest BCUT2D eigenvalue weighted by molar-refractivity contribution is 5.76. The van der Waals surface area contributed by atoms with E-state index in [1.165, 1.54) is 50.8 Å². The first-order chi connectivity index (χ1) is 11.8. The summed E-state index contributed by atoms with van der Waals surface area (Å²) < 4.78 is 0. The van der Waals surface area contributed by atoms with Crippen LogP contribution in [-0.2, 0) is 11.2 Å². The molecular weight excluding hydrogens is 296 g/mol. The fourth-order valence-electron chi connectivity index (χ4n) is 4.50. The average molecular weight is 329 g/mol. The van der Waals surface area contributed by atoms with Crippen molar-refractivity contribution < 1.29 is 4.79 Å². The van der Waals surface area contributed by atoms with E-state index in [2.05, 4.69) is 47.1 Å². The molecule has 1 amide bonds. The Labute approximate surface area is 147 Å². The predicted octanol–water partition coefficient (Wildman–Crippen LogP) is 3.73. The first-order valence-electron chi connectivity index (χ1n) is 9.83. The zero-order valence-corrected chi connectivity index (χ0v) is 15.1. The SMILES string of the molecule is CCCC(=O)N1CCC[C@@H]2CN(CCCc3ccccc3)CC[C@@H]21. The van der Waals surface area contributed by atoms with E-state index in [4.69, 9.17) is 0 Å². The largest absolute Gasteiger partial charge is 0.339 e. The standard InChI is InChI=1S/C21H32N2O/c1-2-8-21(24)23-15-7-12-19-17-22(16-13-20(19)23)14-6-11-18-9-4-3-5-10-18/h3-5,9-10,19-20H,2,6-8,11-17H2,1H3/t19-,20+/m1/s1. The second-order valence-electron chi connectivity index (χ2n) is 7.49. The molecule has 0 unspecified atom stereocenters. The molecule has 1 aromatic rings. The van der Waals surface area contributed by atoms with Crippen LogP contribution in [0.4, 0.5) is 0 Å². The van der Waals surface area contributed by atoms with Crippen molar-refractivity contribution in [2.24, 2.45) is 5.92 Å². The van der Waals surface area contributed by atoms with Gasteiger partial charge >= 0.3 is 0 Å². The van der Waals surface area contributed by atoms with Crippen LogP contribution in [0.5, 0.6) is 0 Å². The number of piperidine rings is 2. The molecule has 24 heavy (non-hydrogen) atoms. The lowest BCUT2D eigenvalue weighted by molar-refractivity contribution is -0.138. The molecule has 0 saturated carbocycles. The first-order valence-corrected chi connectivity index (χ1v) is 9.83. The maximum atomic E-state index is 12.4. The van der Waals surface area contributed by atoms with E-state index in [0.29, 0.717) is 17.9 Å². The van der Waals surface area contributed by atoms with Crippen molar-refractivity contribution in [3.05, 3.63) is 35.9 Å². The highest BCUT2D eigenvalue weighted by Gasteiger charge is 2.37. The Morgan fingerprint density at radius 3 is 2.79 bits per heavy atom. The minimum Gasteiger partial charge on any atom is -0.339 e. The maximum Gasteiger partial charge on any atom is 0.222 e. The highest BCUT2D eigenvalue weighted by atomic mass is 16.2. The predicted molar refractivity (Wildman–Crippen MR) is 99.0 cm³/mol. The van der Waals surface area contributed by atoms with E-state index >= 15 is 0 Å². The fourth-order valence-corrected chi connectivity index (χ4v) is 4.50. The van der Waals surface area contributed by atoms with Gasteiger partial charge in [0.05, 0.1) is 0 Å². The Bertz CT molecular complexity index is 516. The summed E-state index contributed by atoms with van der Waals surface area (Å²) in [6.07, 6.45) is 7.77. The summed E-state index contributed by atoms with van der Waals surface area (Å²) in [5, 5.41) is 0. The number of nitrogens with zero attached hydrogens (tertiary/aromatic N) is 2. The summed E-state index contributed by atoms with van der Waals surface area (Å²) in [5.41, 5.74) is 1.45. The van der Waals surface area contributed by atoms with E-state index in [9.17, 15) is 4.79 Å². The Kier molecular flexibility index (Phi) is 6.30. The summed E-state index contributed by atoms with van der Waals surface area (Å²) in [6, 6.07) is 11.3. The van der Waals surface area contributed by atoms with Gasteiger partial charge in [-0.3, -0.25) is 4.79 Å². The summed E-state index contributed by atoms with van der Waals surface area (Å²) in [6.45, 7) is 6.64. The van der Waals surface area contributed by atoms with Crippen molar-refractivity contribution in [3.8, 4) is 0 Å². The molecule has 1 aromatic carbocycles. The van der Waals surface area contributed by atoms with Gasteiger partial charge in [-0.25, -0.2) is 0 Å². The molecule has 0 bridgehead atoms. The van der Waals surface area contributed by atoms with Gasteiger partial charge in [0.25, 0.3) is 0 Å². The highest BCUT2D eigenvalue weighted by Crippen LogP contribution is 2.31. The number of rotatable bonds is 6. The van der Waals surface area contributed by atoms with Crippen molar-refractivity contribution in [2.45, 2.75) is 57.9 Å². The Morgan fingerprint density at radius 2 is 2.00 bits per heavy atom. The fraction of sp³-hybridized carbons (Fsp3) is 0.667. The molecule has 0 spiro atoms. The van der Waals surface area contributed by atoms with E-state index in [1.54, 1.807) is 0 Å². The number of carbonyl (C=O) groups excluding carboxylic acids is 1. The normalized spacial score (nSPS) is 24.6. The van der Waals surface area contributed by atoms with Gasteiger partial charge in [-0.2, -0.15) is 0 Å². The molecule has 3 nitrogen and oxygen atoms in total. The molecule has 0 aromatic heterocycles. The molecule has 2 heterocycles. The number of amides is 1. The molecule has 2 aliphatic rings. The third-order valence-corrected chi connectivity index (χ3v) is 5.72. The molecule has 132 valence electrons. The molecule has 0 aliphatic carbocycles. The molecule has 2 aliphatic heterocycles. The van der Waals surface area contributed by atoms with Crippen LogP contribution in [0.1, 0.15) is 51.0 Å². The van der Waals surface area contributed by atoms with Crippen LogP contribution in [0, 0.1) is 5.92 Å². The van der Waals surface area contributed by atoms with Crippen molar-refractivity contribution >= 4 is 5.91 Å². The minimum atomic E-state index is 0.393. The Balaban J connectivity index is 1.47. The number of fused-ring (bicyclic) bond motifs is 1. The molecule has 2 atom stereocenters. The summed E-state index contributed by atoms with van der Waals surface area (Å²) >= 11 is 0. The second kappa shape index (κ2) is 8.66. The van der Waals surface area contributed by atoms with E-state index in [1.807, 2.05) is 0 Å². The lowest BCUT2D eigenvalue weighted by atomic mass is 9.83. The van der Waals surface area contributed by atoms with Gasteiger partial charge in [0, 0.05) is 32.1 Å². The molecule has 3 heteroatoms. The number of benzene rings is 1. The maximum absolute atomic E-state index is 12.4. The quantitative estimate of drug-likeness (QED) is 0.794. The first kappa shape index (κ1) is 17.5. The van der Waals surface area contributed by atoms with E-state index in [-0.39, 0.29) is 0 Å². The number of hydrogen-bond acceptors (Lipinski definition) is 2. The zero-order chi connectivity index (χ0) is 16.8. The zero-order valence-electron chi connectivity index (χ0n) is 15.1. The topological polar surface area (TPSA) is 23.6 Å². The average Bonchev–Trinajstić information content (AvgIpc) is 2.62. The molecule has 0 radical (unpaired) electrons. The molecule has 0 N–H and O–H groups in total. The van der Waals surface area contributed by atoms with Crippen LogP contribution in [0.2, 0.25) is 0 Å². The Hall–Kier alpha value is -1.35. The molecule has 2 fully saturated rings. The van der Waals surface area contributed by atoms with Crippen LogP contribution in [0.25, 0.3) is 0 Å². The van der Waals surface area contributed by atoms with Gasteiger partial charge in [-0.15, -0.1) is 0 Å². The number of carbonyl (C=O) groups is 1. The van der Waals surface area contributed by atoms with Crippen LogP contribution >= 0.6 is 0 Å². The molecule has 3 rings (SSSR count). The third kappa shape index (κ3) is 4.38. The monoisotopic (exact) mass is 328 g/mol. The third-order valence-electron chi connectivity index (χ3n) is 5.72. The van der Waals surface area contributed by atoms with Crippen LogP contribution in [0.15, 0.2) is 30.3 Å². The van der Waals surface area contributed by atoms with Crippen molar-refractivity contribution in [1.29, 1.82) is 0 Å². The van der Waals surface area contributed by atoms with Gasteiger partial charge in [-0.05, 0) is 56.6 Å². The van der Waals surface area contributed by atoms with Crippen molar-refractivity contribution in [2.75, 3.05) is 26.2 Å². The van der Waals surface area contributed by atoms with E-state index in [0.717, 1.165) is 25.9 Å². The smallest absolute Gasteiger partial charge is 0.222 e. The van der Waals surface area contributed by atoms with Gasteiger partial charge < -0.3 is 9.80 Å². The van der Waals surface area contributed by atoms with Crippen LogP contribution in [-0.4, -0.2) is 47.9 Å². The summed E-state index contributed by atoms with van der Waals surface area (Å²) in [7, 11) is 0. The Morgan fingerprint density at radius 1 is 1.17 bits per heavy atom. The van der Waals surface area contributed by atoms with Crippen molar-refractivity contribution in [3.63, 3.8) is 0 Å². The van der Waals surface area contributed by atoms with Crippen LogP contribution in [0.3, 0.4) is 0 Å². The van der Waals surface area contributed by atoms with Crippen LogP contribution < -0.4 is 0 Å². The molecular formula is C21H32N2O. The number of hydrogen-bond donors (Lipinski definition) is 0. The number of likely N-dealkylation sites (tertiary alicyclic amines) is 2. The minimum absolute atomic E-state index is 0.393.